The smallest absolute Gasteiger partial charge is 0.374 e. The van der Waals surface area contributed by atoms with Crippen LogP contribution in [0.1, 0.15) is 42.9 Å². The van der Waals surface area contributed by atoms with Gasteiger partial charge in [-0.05, 0) is 17.5 Å². The average Bonchev–Trinajstić information content (AvgIpc) is 3.27. The number of phenols is 2. The highest BCUT2D eigenvalue weighted by Crippen LogP contribution is 2.55. The van der Waals surface area contributed by atoms with Gasteiger partial charge in [-0.1, -0.05) is 0 Å². The number of carbonyl (C=O) groups excluding carboxylic acids is 3. The first-order valence-electron chi connectivity index (χ1n) is 12.1. The summed E-state index contributed by atoms with van der Waals surface area (Å²) < 4.78 is 31.0. The maximum Gasteiger partial charge on any atom is 0.374 e. The van der Waals surface area contributed by atoms with Crippen LogP contribution in [-0.4, -0.2) is 82.4 Å². The number of hydrogen-bond acceptors (Lipinski definition) is 15. The molecule has 0 saturated heterocycles. The summed E-state index contributed by atoms with van der Waals surface area (Å²) in [4.78, 5) is 51.7. The molecule has 1 aromatic heterocycles. The minimum atomic E-state index is -2.80. The van der Waals surface area contributed by atoms with Crippen LogP contribution in [0.25, 0.3) is 10.8 Å². The standard InChI is InChI=1S/C27H20O15/c1-37-9-6-10(38-2)17(29)14-13(9)18(30)15-22(20(14)32)42-27(23(15)33)24(34)16(28)8-4-7-5-11(25(35)39-3)40-26(36)12(7)19(31)21(8)41-27/h4-6,16,23-24,28-29,31,33-34H,1-3H3/t16?,23?,24?,27-/m0/s1. The molecule has 3 unspecified atom stereocenters. The van der Waals surface area contributed by atoms with Crippen LogP contribution in [0, 0.1) is 0 Å². The number of rotatable bonds is 3. The van der Waals surface area contributed by atoms with Crippen LogP contribution in [0.15, 0.2) is 38.7 Å². The second-order valence-electron chi connectivity index (χ2n) is 9.50. The van der Waals surface area contributed by atoms with Crippen LogP contribution in [0.4, 0.5) is 0 Å². The molecule has 5 N–H and O–H groups in total. The van der Waals surface area contributed by atoms with Gasteiger partial charge in [0.1, 0.15) is 17.2 Å². The molecule has 3 heterocycles. The Hall–Kier alpha value is -5.12. The van der Waals surface area contributed by atoms with E-state index in [2.05, 4.69) is 4.74 Å². The Morgan fingerprint density at radius 1 is 0.881 bits per heavy atom. The van der Waals surface area contributed by atoms with Crippen molar-refractivity contribution in [3.05, 3.63) is 62.4 Å². The highest BCUT2D eigenvalue weighted by atomic mass is 16.7. The molecule has 1 aliphatic carbocycles. The summed E-state index contributed by atoms with van der Waals surface area (Å²) in [6.45, 7) is 0. The number of carbonyl (C=O) groups is 3. The molecule has 3 aliphatic rings. The maximum absolute atomic E-state index is 13.6. The number of fused-ring (bicyclic) bond motifs is 3. The second-order valence-corrected chi connectivity index (χ2v) is 9.50. The van der Waals surface area contributed by atoms with Crippen molar-refractivity contribution in [1.82, 2.24) is 0 Å². The zero-order chi connectivity index (χ0) is 30.4. The van der Waals surface area contributed by atoms with Crippen molar-refractivity contribution < 1.29 is 68.0 Å². The molecular formula is C27H20O15. The van der Waals surface area contributed by atoms with E-state index >= 15 is 0 Å². The molecule has 4 atom stereocenters. The third-order valence-electron chi connectivity index (χ3n) is 7.42. The molecule has 2 aromatic carbocycles. The first-order chi connectivity index (χ1) is 19.9. The van der Waals surface area contributed by atoms with Gasteiger partial charge in [-0.15, -0.1) is 0 Å². The van der Waals surface area contributed by atoms with Gasteiger partial charge in [0, 0.05) is 11.6 Å². The number of Topliss-reactive ketones (excluding diaryl/α,β-unsaturated/α-hetero) is 2. The number of aliphatic hydroxyl groups excluding tert-OH is 3. The average molecular weight is 584 g/mol. The predicted molar refractivity (Wildman–Crippen MR) is 134 cm³/mol. The van der Waals surface area contributed by atoms with Gasteiger partial charge in [-0.2, -0.15) is 0 Å². The lowest BCUT2D eigenvalue weighted by molar-refractivity contribution is -0.271. The molecule has 218 valence electrons. The summed E-state index contributed by atoms with van der Waals surface area (Å²) in [5.74, 6) is -9.99. The molecule has 15 heteroatoms. The van der Waals surface area contributed by atoms with E-state index < -0.39 is 98.1 Å². The molecule has 0 radical (unpaired) electrons. The number of aromatic hydroxyl groups is 2. The Balaban J connectivity index is 1.50. The fraction of sp³-hybridized carbons (Fsp3) is 0.259. The zero-order valence-electron chi connectivity index (χ0n) is 21.8. The van der Waals surface area contributed by atoms with E-state index in [-0.39, 0.29) is 22.4 Å². The number of esters is 1. The number of aliphatic hydroxyl groups is 3. The molecule has 15 nitrogen and oxygen atoms in total. The van der Waals surface area contributed by atoms with Gasteiger partial charge in [-0.3, -0.25) is 9.59 Å². The van der Waals surface area contributed by atoms with Crippen molar-refractivity contribution in [2.75, 3.05) is 21.3 Å². The van der Waals surface area contributed by atoms with E-state index in [1.54, 1.807) is 0 Å². The Labute approximate surface area is 233 Å². The van der Waals surface area contributed by atoms with Gasteiger partial charge in [0.05, 0.1) is 38.0 Å². The van der Waals surface area contributed by atoms with Crippen LogP contribution in [-0.2, 0) is 9.47 Å². The molecule has 42 heavy (non-hydrogen) atoms. The highest BCUT2D eigenvalue weighted by molar-refractivity contribution is 6.29. The van der Waals surface area contributed by atoms with E-state index in [4.69, 9.17) is 23.4 Å². The Bertz CT molecular complexity index is 1850. The summed E-state index contributed by atoms with van der Waals surface area (Å²) in [5, 5.41) is 54.7. The van der Waals surface area contributed by atoms with Gasteiger partial charge in [0.25, 0.3) is 0 Å². The number of hydrogen-bond donors (Lipinski definition) is 5. The van der Waals surface area contributed by atoms with Crippen LogP contribution in [0.3, 0.4) is 0 Å². The molecule has 3 aromatic rings. The fourth-order valence-corrected chi connectivity index (χ4v) is 5.41. The molecule has 6 rings (SSSR count). The van der Waals surface area contributed by atoms with Crippen LogP contribution >= 0.6 is 0 Å². The van der Waals surface area contributed by atoms with Crippen molar-refractivity contribution in [3.8, 4) is 28.7 Å². The minimum Gasteiger partial charge on any atom is -0.504 e. The fourth-order valence-electron chi connectivity index (χ4n) is 5.41. The summed E-state index contributed by atoms with van der Waals surface area (Å²) in [6, 6.07) is 3.32. The summed E-state index contributed by atoms with van der Waals surface area (Å²) in [6.07, 6.45) is -6.47. The molecule has 1 spiro atoms. The van der Waals surface area contributed by atoms with E-state index in [1.165, 1.54) is 14.2 Å². The quantitative estimate of drug-likeness (QED) is 0.259. The molecule has 0 saturated carbocycles. The summed E-state index contributed by atoms with van der Waals surface area (Å²) in [7, 11) is 3.44. The van der Waals surface area contributed by atoms with Crippen LogP contribution in [0.2, 0.25) is 0 Å². The maximum atomic E-state index is 13.6. The number of allylic oxidation sites excluding steroid dienone is 1. The van der Waals surface area contributed by atoms with E-state index in [1.807, 2.05) is 0 Å². The molecule has 2 aliphatic heterocycles. The monoisotopic (exact) mass is 584 g/mol. The zero-order valence-corrected chi connectivity index (χ0v) is 21.8. The van der Waals surface area contributed by atoms with Gasteiger partial charge >= 0.3 is 17.4 Å². The normalized spacial score (nSPS) is 24.1. The SMILES string of the molecule is COC(=O)c1cc2cc3c(c(O)c2c(=O)o1)O[C@@]1(OC2=C(C(=O)c4c(OC)cc(OC)c(O)c4C2=O)C1O)C(O)C3O. The number of ether oxygens (including phenoxy) is 5. The van der Waals surface area contributed by atoms with Crippen molar-refractivity contribution in [3.63, 3.8) is 0 Å². The Kier molecular flexibility index (Phi) is 5.76. The van der Waals surface area contributed by atoms with Crippen molar-refractivity contribution >= 4 is 28.3 Å². The Morgan fingerprint density at radius 3 is 2.21 bits per heavy atom. The largest absolute Gasteiger partial charge is 0.504 e. The first kappa shape index (κ1) is 27.1. The lowest BCUT2D eigenvalue weighted by Crippen LogP contribution is -2.60. The van der Waals surface area contributed by atoms with E-state index in [9.17, 15) is 44.7 Å². The highest BCUT2D eigenvalue weighted by Gasteiger charge is 2.65. The van der Waals surface area contributed by atoms with Crippen LogP contribution < -0.4 is 19.8 Å². The van der Waals surface area contributed by atoms with Crippen molar-refractivity contribution in [1.29, 1.82) is 0 Å². The van der Waals surface area contributed by atoms with Crippen molar-refractivity contribution in [2.45, 2.75) is 24.1 Å². The minimum absolute atomic E-state index is 0.101. The predicted octanol–water partition coefficient (Wildman–Crippen LogP) is 0.215. The second kappa shape index (κ2) is 8.94. The third-order valence-corrected chi connectivity index (χ3v) is 7.42. The number of benzene rings is 2. The number of ketones is 2. The number of phenolic OH excluding ortho intramolecular Hbond substituents is 2. The van der Waals surface area contributed by atoms with Gasteiger partial charge in [-0.25, -0.2) is 9.59 Å². The lowest BCUT2D eigenvalue weighted by Gasteiger charge is -2.43. The van der Waals surface area contributed by atoms with Gasteiger partial charge in [0.15, 0.2) is 46.7 Å². The molecule has 0 fully saturated rings. The summed E-state index contributed by atoms with van der Waals surface area (Å²) >= 11 is 0. The van der Waals surface area contributed by atoms with E-state index in [0.29, 0.717) is 0 Å². The van der Waals surface area contributed by atoms with Gasteiger partial charge < -0.3 is 53.6 Å². The topological polar surface area (TPSA) is 229 Å². The van der Waals surface area contributed by atoms with Crippen LogP contribution in [0.5, 0.6) is 28.7 Å². The molecular weight excluding hydrogens is 564 g/mol. The summed E-state index contributed by atoms with van der Waals surface area (Å²) in [5.41, 5.74) is -3.19. The van der Waals surface area contributed by atoms with Crippen molar-refractivity contribution in [2.24, 2.45) is 0 Å². The lowest BCUT2D eigenvalue weighted by atomic mass is 9.82. The van der Waals surface area contributed by atoms with Gasteiger partial charge in [0.2, 0.25) is 11.5 Å². The molecule has 0 amide bonds. The Morgan fingerprint density at radius 2 is 1.57 bits per heavy atom. The first-order valence-corrected chi connectivity index (χ1v) is 12.1. The third kappa shape index (κ3) is 3.26. The van der Waals surface area contributed by atoms with E-state index in [0.717, 1.165) is 25.3 Å². The molecule has 0 bridgehead atoms. The number of methoxy groups -OCH3 is 3.